The van der Waals surface area contributed by atoms with Crippen LogP contribution < -0.4 is 5.63 Å². The molecule has 1 aliphatic rings. The average Bonchev–Trinajstić information content (AvgIpc) is 3.20. The van der Waals surface area contributed by atoms with Crippen LogP contribution in [0.25, 0.3) is 11.0 Å². The van der Waals surface area contributed by atoms with Gasteiger partial charge in [-0.05, 0) is 37.0 Å². The van der Waals surface area contributed by atoms with Crippen molar-refractivity contribution in [3.63, 3.8) is 0 Å². The summed E-state index contributed by atoms with van der Waals surface area (Å²) in [6.07, 6.45) is 2.04. The van der Waals surface area contributed by atoms with E-state index in [0.717, 1.165) is 29.4 Å². The van der Waals surface area contributed by atoms with Gasteiger partial charge >= 0.3 is 11.6 Å². The number of hydrogen-bond donors (Lipinski definition) is 1. The third-order valence-electron chi connectivity index (χ3n) is 3.76. The molecule has 1 saturated carbocycles. The zero-order valence-electron chi connectivity index (χ0n) is 11.8. The Morgan fingerprint density at radius 2 is 2.14 bits per heavy atom. The number of aryl methyl sites for hydroxylation is 1. The number of hydrogen-bond acceptors (Lipinski definition) is 4. The van der Waals surface area contributed by atoms with Crippen LogP contribution in [0.4, 0.5) is 0 Å². The van der Waals surface area contributed by atoms with Gasteiger partial charge in [0.1, 0.15) is 5.58 Å². The zero-order chi connectivity index (χ0) is 15.0. The number of carbonyl (C=O) groups is 1. The third kappa shape index (κ3) is 3.13. The third-order valence-corrected chi connectivity index (χ3v) is 3.76. The van der Waals surface area contributed by atoms with Gasteiger partial charge in [0.25, 0.3) is 0 Å². The van der Waals surface area contributed by atoms with Crippen LogP contribution in [0.15, 0.2) is 33.5 Å². The molecule has 0 bridgehead atoms. The molecule has 5 nitrogen and oxygen atoms in total. The molecule has 1 fully saturated rings. The Labute approximate surface area is 121 Å². The normalized spacial score (nSPS) is 14.8. The fraction of sp³-hybridized carbons (Fsp3) is 0.375. The summed E-state index contributed by atoms with van der Waals surface area (Å²) in [6.45, 7) is 2.40. The molecule has 5 heteroatoms. The van der Waals surface area contributed by atoms with Gasteiger partial charge in [-0.15, -0.1) is 0 Å². The lowest BCUT2D eigenvalue weighted by Crippen LogP contribution is -2.31. The Kier molecular flexibility index (Phi) is 3.51. The van der Waals surface area contributed by atoms with Crippen molar-refractivity contribution >= 4 is 16.9 Å². The predicted octanol–water partition coefficient (Wildman–Crippen LogP) is 2.15. The monoisotopic (exact) mass is 287 g/mol. The molecule has 1 aliphatic carbocycles. The van der Waals surface area contributed by atoms with E-state index < -0.39 is 11.6 Å². The van der Waals surface area contributed by atoms with E-state index in [1.54, 1.807) is 0 Å². The van der Waals surface area contributed by atoms with Gasteiger partial charge < -0.3 is 9.52 Å². The van der Waals surface area contributed by atoms with Crippen molar-refractivity contribution in [2.75, 3.05) is 6.54 Å². The van der Waals surface area contributed by atoms with Crippen LogP contribution in [0.3, 0.4) is 0 Å². The highest BCUT2D eigenvalue weighted by molar-refractivity contribution is 5.80. The molecule has 0 aliphatic heterocycles. The number of fused-ring (bicyclic) bond motifs is 1. The van der Waals surface area contributed by atoms with Crippen LogP contribution >= 0.6 is 0 Å². The minimum absolute atomic E-state index is 0.00174. The first kappa shape index (κ1) is 13.8. The van der Waals surface area contributed by atoms with E-state index in [0.29, 0.717) is 18.2 Å². The molecule has 1 aromatic carbocycles. The van der Waals surface area contributed by atoms with Crippen molar-refractivity contribution in [2.45, 2.75) is 32.4 Å². The highest BCUT2D eigenvalue weighted by Gasteiger charge is 2.30. The van der Waals surface area contributed by atoms with Crippen molar-refractivity contribution < 1.29 is 14.3 Å². The molecule has 1 heterocycles. The van der Waals surface area contributed by atoms with Crippen molar-refractivity contribution in [1.82, 2.24) is 4.90 Å². The van der Waals surface area contributed by atoms with E-state index in [4.69, 9.17) is 9.52 Å². The van der Waals surface area contributed by atoms with Crippen molar-refractivity contribution in [3.05, 3.63) is 45.8 Å². The molecule has 0 radical (unpaired) electrons. The number of aliphatic carboxylic acids is 1. The maximum Gasteiger partial charge on any atom is 0.336 e. The van der Waals surface area contributed by atoms with E-state index in [1.165, 1.54) is 6.07 Å². The largest absolute Gasteiger partial charge is 0.480 e. The second-order valence-corrected chi connectivity index (χ2v) is 5.62. The van der Waals surface area contributed by atoms with Gasteiger partial charge in [-0.2, -0.15) is 0 Å². The maximum absolute atomic E-state index is 11.7. The SMILES string of the molecule is Cc1ccc2c(CN(CC(=O)O)C3CC3)cc(=O)oc2c1. The lowest BCUT2D eigenvalue weighted by Gasteiger charge is -2.20. The Hall–Kier alpha value is -2.14. The molecule has 3 rings (SSSR count). The first-order valence-corrected chi connectivity index (χ1v) is 7.02. The maximum atomic E-state index is 11.7. The molecule has 0 unspecified atom stereocenters. The van der Waals surface area contributed by atoms with Gasteiger partial charge in [-0.25, -0.2) is 4.79 Å². The fourth-order valence-electron chi connectivity index (χ4n) is 2.61. The van der Waals surface area contributed by atoms with Gasteiger partial charge in [0.2, 0.25) is 0 Å². The highest BCUT2D eigenvalue weighted by atomic mass is 16.4. The average molecular weight is 287 g/mol. The molecule has 1 N–H and O–H groups in total. The number of rotatable bonds is 5. The molecule has 0 amide bonds. The first-order chi connectivity index (χ1) is 10.0. The van der Waals surface area contributed by atoms with Gasteiger partial charge in [-0.1, -0.05) is 12.1 Å². The van der Waals surface area contributed by atoms with Crippen LogP contribution in [0.5, 0.6) is 0 Å². The van der Waals surface area contributed by atoms with Crippen LogP contribution in [-0.4, -0.2) is 28.6 Å². The lowest BCUT2D eigenvalue weighted by atomic mass is 10.1. The van der Waals surface area contributed by atoms with E-state index in [2.05, 4.69) is 0 Å². The van der Waals surface area contributed by atoms with Crippen LogP contribution in [0.1, 0.15) is 24.0 Å². The van der Waals surface area contributed by atoms with Crippen LogP contribution in [0.2, 0.25) is 0 Å². The quantitative estimate of drug-likeness (QED) is 0.853. The minimum Gasteiger partial charge on any atom is -0.480 e. The Morgan fingerprint density at radius 1 is 1.38 bits per heavy atom. The number of carboxylic acids is 1. The molecular formula is C16H17NO4. The first-order valence-electron chi connectivity index (χ1n) is 7.02. The molecule has 21 heavy (non-hydrogen) atoms. The van der Waals surface area contributed by atoms with Gasteiger partial charge in [0, 0.05) is 24.0 Å². The van der Waals surface area contributed by atoms with Gasteiger partial charge in [-0.3, -0.25) is 9.69 Å². The molecular weight excluding hydrogens is 270 g/mol. The standard InChI is InChI=1S/C16H17NO4/c1-10-2-5-13-11(7-16(20)21-14(13)6-10)8-17(9-15(18)19)12-3-4-12/h2,5-7,12H,3-4,8-9H2,1H3,(H,18,19). The van der Waals surface area contributed by atoms with Crippen molar-refractivity contribution in [3.8, 4) is 0 Å². The highest BCUT2D eigenvalue weighted by Crippen LogP contribution is 2.29. The molecule has 0 saturated heterocycles. The number of benzene rings is 1. The Balaban J connectivity index is 1.98. The molecule has 0 atom stereocenters. The smallest absolute Gasteiger partial charge is 0.336 e. The molecule has 0 spiro atoms. The summed E-state index contributed by atoms with van der Waals surface area (Å²) in [4.78, 5) is 24.6. The lowest BCUT2D eigenvalue weighted by molar-refractivity contribution is -0.138. The van der Waals surface area contributed by atoms with E-state index >= 15 is 0 Å². The van der Waals surface area contributed by atoms with E-state index in [1.807, 2.05) is 30.0 Å². The van der Waals surface area contributed by atoms with E-state index in [-0.39, 0.29) is 6.54 Å². The van der Waals surface area contributed by atoms with Crippen LogP contribution in [0, 0.1) is 6.92 Å². The molecule has 2 aromatic rings. The summed E-state index contributed by atoms with van der Waals surface area (Å²) < 4.78 is 5.23. The summed E-state index contributed by atoms with van der Waals surface area (Å²) in [6, 6.07) is 7.50. The minimum atomic E-state index is -0.843. The second kappa shape index (κ2) is 5.33. The van der Waals surface area contributed by atoms with Crippen molar-refractivity contribution in [2.24, 2.45) is 0 Å². The Morgan fingerprint density at radius 3 is 2.81 bits per heavy atom. The summed E-state index contributed by atoms with van der Waals surface area (Å²) >= 11 is 0. The molecule has 1 aromatic heterocycles. The predicted molar refractivity (Wildman–Crippen MR) is 78.3 cm³/mol. The van der Waals surface area contributed by atoms with Crippen molar-refractivity contribution in [1.29, 1.82) is 0 Å². The summed E-state index contributed by atoms with van der Waals surface area (Å²) in [5.41, 5.74) is 2.01. The number of carboxylic acid groups (broad SMARTS) is 1. The fourth-order valence-corrected chi connectivity index (χ4v) is 2.61. The topological polar surface area (TPSA) is 70.8 Å². The van der Waals surface area contributed by atoms with E-state index in [9.17, 15) is 9.59 Å². The summed E-state index contributed by atoms with van der Waals surface area (Å²) in [7, 11) is 0. The summed E-state index contributed by atoms with van der Waals surface area (Å²) in [5, 5.41) is 9.89. The Bertz CT molecular complexity index is 746. The zero-order valence-corrected chi connectivity index (χ0v) is 11.8. The summed E-state index contributed by atoms with van der Waals surface area (Å²) in [5.74, 6) is -0.843. The van der Waals surface area contributed by atoms with Gasteiger partial charge in [0.05, 0.1) is 6.54 Å². The second-order valence-electron chi connectivity index (χ2n) is 5.62. The van der Waals surface area contributed by atoms with Gasteiger partial charge in [0.15, 0.2) is 0 Å². The molecule has 110 valence electrons. The van der Waals surface area contributed by atoms with Crippen LogP contribution in [-0.2, 0) is 11.3 Å². The number of nitrogens with zero attached hydrogens (tertiary/aromatic N) is 1.